The molecule has 0 saturated heterocycles. The molecule has 1 rings (SSSR count). The highest BCUT2D eigenvalue weighted by Crippen LogP contribution is 2.27. The normalized spacial score (nSPS) is 13.4. The van der Waals surface area contributed by atoms with Gasteiger partial charge in [-0.15, -0.1) is 0 Å². The molecule has 0 aromatic heterocycles. The first-order valence-corrected chi connectivity index (χ1v) is 9.14. The Kier molecular flexibility index (Phi) is 6.84. The van der Waals surface area contributed by atoms with Gasteiger partial charge in [0.1, 0.15) is 10.6 Å². The zero-order valence-electron chi connectivity index (χ0n) is 14.4. The molecule has 0 bridgehead atoms. The molecule has 0 saturated carbocycles. The molecular weight excluding hydrogens is 300 g/mol. The monoisotopic (exact) mass is 328 g/mol. The number of methoxy groups -OCH3 is 1. The van der Waals surface area contributed by atoms with Crippen molar-refractivity contribution in [3.63, 3.8) is 0 Å². The lowest BCUT2D eigenvalue weighted by Crippen LogP contribution is -2.42. The molecule has 0 aliphatic heterocycles. The first kappa shape index (κ1) is 18.9. The quantitative estimate of drug-likeness (QED) is 0.796. The average Bonchev–Trinajstić information content (AvgIpc) is 2.48. The van der Waals surface area contributed by atoms with Gasteiger partial charge < -0.3 is 4.74 Å². The van der Waals surface area contributed by atoms with Crippen molar-refractivity contribution in [1.82, 2.24) is 9.62 Å². The summed E-state index contributed by atoms with van der Waals surface area (Å²) in [7, 11) is -2.10. The molecule has 0 fully saturated rings. The maximum absolute atomic E-state index is 12.6. The fourth-order valence-electron chi connectivity index (χ4n) is 2.42. The smallest absolute Gasteiger partial charge is 0.244 e. The highest BCUT2D eigenvalue weighted by Gasteiger charge is 2.22. The predicted molar refractivity (Wildman–Crippen MR) is 90.0 cm³/mol. The van der Waals surface area contributed by atoms with E-state index < -0.39 is 10.0 Å². The first-order valence-electron chi connectivity index (χ1n) is 7.65. The van der Waals surface area contributed by atoms with Gasteiger partial charge in [0.2, 0.25) is 10.0 Å². The molecule has 1 N–H and O–H groups in total. The molecule has 126 valence electrons. The predicted octanol–water partition coefficient (Wildman–Crippen LogP) is 2.32. The van der Waals surface area contributed by atoms with Crippen LogP contribution in [0.5, 0.6) is 5.75 Å². The second-order valence-electron chi connectivity index (χ2n) is 5.51. The van der Waals surface area contributed by atoms with Crippen molar-refractivity contribution in [2.75, 3.05) is 26.7 Å². The van der Waals surface area contributed by atoms with Crippen LogP contribution in [-0.4, -0.2) is 46.1 Å². The molecule has 0 aliphatic rings. The number of rotatable bonds is 8. The van der Waals surface area contributed by atoms with E-state index in [1.165, 1.54) is 7.11 Å². The summed E-state index contributed by atoms with van der Waals surface area (Å²) in [6.07, 6.45) is 0. The molecule has 0 aliphatic carbocycles. The highest BCUT2D eigenvalue weighted by molar-refractivity contribution is 7.89. The van der Waals surface area contributed by atoms with Gasteiger partial charge in [-0.25, -0.2) is 13.1 Å². The molecular formula is C16H28N2O3S. The lowest BCUT2D eigenvalue weighted by Gasteiger charge is -2.26. The number of benzene rings is 1. The van der Waals surface area contributed by atoms with Crippen LogP contribution >= 0.6 is 0 Å². The number of nitrogens with zero attached hydrogens (tertiary/aromatic N) is 1. The van der Waals surface area contributed by atoms with E-state index in [1.54, 1.807) is 12.1 Å². The Hall–Kier alpha value is -1.11. The summed E-state index contributed by atoms with van der Waals surface area (Å²) in [6, 6.07) is 3.57. The topological polar surface area (TPSA) is 58.6 Å². The summed E-state index contributed by atoms with van der Waals surface area (Å²) in [4.78, 5) is 2.41. The van der Waals surface area contributed by atoms with Crippen LogP contribution in [-0.2, 0) is 10.0 Å². The van der Waals surface area contributed by atoms with Crippen molar-refractivity contribution in [3.8, 4) is 5.75 Å². The molecule has 1 aromatic carbocycles. The lowest BCUT2D eigenvalue weighted by molar-refractivity contribution is 0.232. The molecule has 22 heavy (non-hydrogen) atoms. The Morgan fingerprint density at radius 3 is 2.23 bits per heavy atom. The average molecular weight is 328 g/mol. The third-order valence-corrected chi connectivity index (χ3v) is 5.52. The second-order valence-corrected chi connectivity index (χ2v) is 7.24. The van der Waals surface area contributed by atoms with E-state index in [2.05, 4.69) is 23.5 Å². The minimum Gasteiger partial charge on any atom is -0.495 e. The van der Waals surface area contributed by atoms with Gasteiger partial charge in [-0.2, -0.15) is 0 Å². The van der Waals surface area contributed by atoms with Crippen LogP contribution in [0.2, 0.25) is 0 Å². The van der Waals surface area contributed by atoms with Gasteiger partial charge in [-0.05, 0) is 57.1 Å². The van der Waals surface area contributed by atoms with Gasteiger partial charge in [-0.3, -0.25) is 4.90 Å². The fourth-order valence-corrected chi connectivity index (χ4v) is 3.77. The third-order valence-electron chi connectivity index (χ3n) is 4.07. The van der Waals surface area contributed by atoms with E-state index in [0.29, 0.717) is 12.3 Å². The van der Waals surface area contributed by atoms with Gasteiger partial charge in [0.15, 0.2) is 0 Å². The van der Waals surface area contributed by atoms with Crippen LogP contribution in [0.3, 0.4) is 0 Å². The minimum atomic E-state index is -3.59. The number of sulfonamides is 1. The SMILES string of the molecule is CCN(CC)C(C)CNS(=O)(=O)c1cc(C)c(C)cc1OC. The van der Waals surface area contributed by atoms with E-state index in [4.69, 9.17) is 4.74 Å². The van der Waals surface area contributed by atoms with Crippen LogP contribution in [0.15, 0.2) is 17.0 Å². The van der Waals surface area contributed by atoms with Gasteiger partial charge in [0, 0.05) is 12.6 Å². The molecule has 1 atom stereocenters. The van der Waals surface area contributed by atoms with E-state index in [1.807, 2.05) is 20.8 Å². The molecule has 1 unspecified atom stereocenters. The number of hydrogen-bond donors (Lipinski definition) is 1. The van der Waals surface area contributed by atoms with Crippen LogP contribution in [0.1, 0.15) is 31.9 Å². The number of likely N-dealkylation sites (N-methyl/N-ethyl adjacent to an activating group) is 1. The van der Waals surface area contributed by atoms with Crippen molar-refractivity contribution in [3.05, 3.63) is 23.3 Å². The molecule has 0 radical (unpaired) electrons. The van der Waals surface area contributed by atoms with Crippen LogP contribution in [0.4, 0.5) is 0 Å². The zero-order valence-corrected chi connectivity index (χ0v) is 15.3. The molecule has 1 aromatic rings. The fraction of sp³-hybridized carbons (Fsp3) is 0.625. The number of nitrogens with one attached hydrogen (secondary N) is 1. The van der Waals surface area contributed by atoms with Gasteiger partial charge >= 0.3 is 0 Å². The van der Waals surface area contributed by atoms with Crippen LogP contribution in [0.25, 0.3) is 0 Å². The number of hydrogen-bond acceptors (Lipinski definition) is 4. The maximum atomic E-state index is 12.6. The Labute approximate surface area is 134 Å². The summed E-state index contributed by atoms with van der Waals surface area (Å²) in [6.45, 7) is 12.2. The maximum Gasteiger partial charge on any atom is 0.244 e. The molecule has 0 amide bonds. The summed E-state index contributed by atoms with van der Waals surface area (Å²) in [5, 5.41) is 0. The Balaban J connectivity index is 2.98. The van der Waals surface area contributed by atoms with E-state index in [-0.39, 0.29) is 10.9 Å². The van der Waals surface area contributed by atoms with E-state index >= 15 is 0 Å². The van der Waals surface area contributed by atoms with Crippen molar-refractivity contribution < 1.29 is 13.2 Å². The van der Waals surface area contributed by atoms with Gasteiger partial charge in [0.05, 0.1) is 7.11 Å². The highest BCUT2D eigenvalue weighted by atomic mass is 32.2. The summed E-state index contributed by atoms with van der Waals surface area (Å²) >= 11 is 0. The Morgan fingerprint density at radius 2 is 1.73 bits per heavy atom. The van der Waals surface area contributed by atoms with E-state index in [9.17, 15) is 8.42 Å². The number of ether oxygens (including phenoxy) is 1. The minimum absolute atomic E-state index is 0.141. The van der Waals surface area contributed by atoms with Gasteiger partial charge in [0.25, 0.3) is 0 Å². The molecule has 6 heteroatoms. The standard InChI is InChI=1S/C16H28N2O3S/c1-7-18(8-2)14(5)11-17-22(19,20)16-10-13(4)12(3)9-15(16)21-6/h9-10,14,17H,7-8,11H2,1-6H3. The third kappa shape index (κ3) is 4.44. The molecule has 0 spiro atoms. The Morgan fingerprint density at radius 1 is 1.18 bits per heavy atom. The largest absolute Gasteiger partial charge is 0.495 e. The Bertz CT molecular complexity index is 596. The first-order chi connectivity index (χ1) is 10.3. The van der Waals surface area contributed by atoms with Crippen molar-refractivity contribution in [2.45, 2.75) is 45.6 Å². The summed E-state index contributed by atoms with van der Waals surface area (Å²) in [5.41, 5.74) is 1.94. The van der Waals surface area contributed by atoms with Crippen LogP contribution in [0, 0.1) is 13.8 Å². The molecule has 5 nitrogen and oxygen atoms in total. The van der Waals surface area contributed by atoms with Crippen molar-refractivity contribution in [1.29, 1.82) is 0 Å². The lowest BCUT2D eigenvalue weighted by atomic mass is 10.1. The van der Waals surface area contributed by atoms with Crippen molar-refractivity contribution >= 4 is 10.0 Å². The summed E-state index contributed by atoms with van der Waals surface area (Å²) in [5.74, 6) is 0.381. The molecule has 0 heterocycles. The van der Waals surface area contributed by atoms with Gasteiger partial charge in [-0.1, -0.05) is 13.8 Å². The zero-order chi connectivity index (χ0) is 16.9. The van der Waals surface area contributed by atoms with Crippen LogP contribution < -0.4 is 9.46 Å². The van der Waals surface area contributed by atoms with E-state index in [0.717, 1.165) is 24.2 Å². The second kappa shape index (κ2) is 7.94. The number of aryl methyl sites for hydroxylation is 2. The van der Waals surface area contributed by atoms with Crippen molar-refractivity contribution in [2.24, 2.45) is 0 Å². The summed E-state index contributed by atoms with van der Waals surface area (Å²) < 4.78 is 33.1.